The fourth-order valence-corrected chi connectivity index (χ4v) is 6.07. The average molecular weight is 460 g/mol. The van der Waals surface area contributed by atoms with Crippen molar-refractivity contribution < 1.29 is 14.6 Å². The Morgan fingerprint density at radius 1 is 1.03 bits per heavy atom. The number of likely N-dealkylation sites (tertiary alicyclic amines) is 1. The fourth-order valence-electron chi connectivity index (χ4n) is 4.73. The number of allylic oxidation sites excluding steroid dienone is 5. The van der Waals surface area contributed by atoms with Gasteiger partial charge in [-0.2, -0.15) is 0 Å². The molecule has 3 aliphatic rings. The summed E-state index contributed by atoms with van der Waals surface area (Å²) in [6.07, 6.45) is 11.0. The van der Waals surface area contributed by atoms with Crippen LogP contribution in [0.15, 0.2) is 77.2 Å². The molecule has 5 rings (SSSR count). The number of carbonyl (C=O) groups is 1. The monoisotopic (exact) mass is 459 g/mol. The summed E-state index contributed by atoms with van der Waals surface area (Å²) in [4.78, 5) is 18.3. The first-order chi connectivity index (χ1) is 16.2. The Morgan fingerprint density at radius 3 is 2.55 bits per heavy atom. The lowest BCUT2D eigenvalue weighted by atomic mass is 9.86. The summed E-state index contributed by atoms with van der Waals surface area (Å²) in [5.41, 5.74) is 2.50. The molecule has 1 saturated heterocycles. The number of aromatic hydroxyl groups is 1. The second-order valence-electron chi connectivity index (χ2n) is 8.78. The average Bonchev–Trinajstić information content (AvgIpc) is 3.25. The standard InChI is InChI=1S/C28H29NO3S/c30-22-12-8-21(9-13-22)28-26(24-6-2-3-7-25(24)33-28)27(31)20-10-14-23(15-11-20)32-19-18-29-16-4-1-5-17-29/h2-3,7-15,24,30H,1,4-6,16-19H2. The Kier molecular flexibility index (Phi) is 6.70. The van der Waals surface area contributed by atoms with Gasteiger partial charge in [0, 0.05) is 28.5 Å². The highest BCUT2D eigenvalue weighted by atomic mass is 32.2. The predicted octanol–water partition coefficient (Wildman–Crippen LogP) is 6.06. The van der Waals surface area contributed by atoms with E-state index in [1.165, 1.54) is 37.3 Å². The molecule has 0 bridgehead atoms. The van der Waals surface area contributed by atoms with Crippen LogP contribution in [0.5, 0.6) is 11.5 Å². The number of benzene rings is 2. The highest BCUT2D eigenvalue weighted by Gasteiger charge is 2.36. The Morgan fingerprint density at radius 2 is 1.79 bits per heavy atom. The number of hydrogen-bond acceptors (Lipinski definition) is 5. The molecule has 33 heavy (non-hydrogen) atoms. The van der Waals surface area contributed by atoms with Crippen LogP contribution in [-0.4, -0.2) is 42.0 Å². The quantitative estimate of drug-likeness (QED) is 0.510. The zero-order chi connectivity index (χ0) is 22.6. The van der Waals surface area contributed by atoms with Gasteiger partial charge in [0.15, 0.2) is 5.78 Å². The van der Waals surface area contributed by atoms with Crippen LogP contribution < -0.4 is 4.74 Å². The highest BCUT2D eigenvalue weighted by molar-refractivity contribution is 8.12. The summed E-state index contributed by atoms with van der Waals surface area (Å²) < 4.78 is 5.95. The molecule has 1 unspecified atom stereocenters. The molecule has 4 nitrogen and oxygen atoms in total. The minimum absolute atomic E-state index is 0.0640. The van der Waals surface area contributed by atoms with Crippen molar-refractivity contribution in [1.29, 1.82) is 0 Å². The van der Waals surface area contributed by atoms with Crippen molar-refractivity contribution in [3.8, 4) is 11.5 Å². The molecule has 0 amide bonds. The molecule has 1 aliphatic carbocycles. The Labute approximate surface area is 199 Å². The number of carbonyl (C=O) groups excluding carboxylic acids is 1. The maximum atomic E-state index is 13.7. The maximum absolute atomic E-state index is 13.7. The first kappa shape index (κ1) is 22.1. The number of Topliss-reactive ketones (excluding diaryl/α,β-unsaturated/α-hetero) is 1. The van der Waals surface area contributed by atoms with E-state index in [-0.39, 0.29) is 17.5 Å². The van der Waals surface area contributed by atoms with E-state index in [0.717, 1.165) is 34.8 Å². The predicted molar refractivity (Wildman–Crippen MR) is 135 cm³/mol. The molecule has 1 fully saturated rings. The van der Waals surface area contributed by atoms with Gasteiger partial charge in [-0.3, -0.25) is 9.69 Å². The molecule has 0 aromatic heterocycles. The molecule has 2 aromatic carbocycles. The summed E-state index contributed by atoms with van der Waals surface area (Å²) in [6.45, 7) is 3.95. The number of nitrogens with zero attached hydrogens (tertiary/aromatic N) is 1. The van der Waals surface area contributed by atoms with E-state index in [1.54, 1.807) is 23.9 Å². The van der Waals surface area contributed by atoms with Crippen LogP contribution in [-0.2, 0) is 0 Å². The fraction of sp³-hybridized carbons (Fsp3) is 0.321. The van der Waals surface area contributed by atoms with Gasteiger partial charge in [-0.25, -0.2) is 0 Å². The Balaban J connectivity index is 1.33. The van der Waals surface area contributed by atoms with Crippen molar-refractivity contribution in [3.63, 3.8) is 0 Å². The minimum Gasteiger partial charge on any atom is -0.508 e. The number of ether oxygens (including phenoxy) is 1. The van der Waals surface area contributed by atoms with Crippen molar-refractivity contribution in [2.75, 3.05) is 26.2 Å². The third-order valence-electron chi connectivity index (χ3n) is 6.54. The first-order valence-electron chi connectivity index (χ1n) is 11.8. The van der Waals surface area contributed by atoms with Crippen molar-refractivity contribution >= 4 is 22.5 Å². The van der Waals surface area contributed by atoms with E-state index in [2.05, 4.69) is 23.1 Å². The topological polar surface area (TPSA) is 49.8 Å². The molecule has 5 heteroatoms. The zero-order valence-corrected chi connectivity index (χ0v) is 19.5. The normalized spacial score (nSPS) is 20.5. The van der Waals surface area contributed by atoms with Gasteiger partial charge in [0.1, 0.15) is 18.1 Å². The molecule has 0 saturated carbocycles. The second-order valence-corrected chi connectivity index (χ2v) is 9.87. The van der Waals surface area contributed by atoms with Crippen molar-refractivity contribution in [3.05, 3.63) is 88.4 Å². The van der Waals surface area contributed by atoms with Crippen LogP contribution >= 0.6 is 11.8 Å². The summed E-state index contributed by atoms with van der Waals surface area (Å²) in [6, 6.07) is 14.7. The second kappa shape index (κ2) is 10.0. The molecule has 2 aliphatic heterocycles. The molecular formula is C28H29NO3S. The van der Waals surface area contributed by atoms with Crippen LogP contribution in [0, 0.1) is 5.92 Å². The molecule has 170 valence electrons. The van der Waals surface area contributed by atoms with E-state index in [4.69, 9.17) is 4.74 Å². The molecular weight excluding hydrogens is 430 g/mol. The zero-order valence-electron chi connectivity index (χ0n) is 18.7. The molecule has 2 heterocycles. The Bertz CT molecular complexity index is 1090. The Hall–Kier alpha value is -2.76. The van der Waals surface area contributed by atoms with Crippen LogP contribution in [0.3, 0.4) is 0 Å². The lowest BCUT2D eigenvalue weighted by Gasteiger charge is -2.26. The summed E-state index contributed by atoms with van der Waals surface area (Å²) in [7, 11) is 0. The number of phenols is 1. The van der Waals surface area contributed by atoms with E-state index in [1.807, 2.05) is 36.4 Å². The summed E-state index contributed by atoms with van der Waals surface area (Å²) >= 11 is 1.67. The number of fused-ring (bicyclic) bond motifs is 1. The molecule has 0 radical (unpaired) electrons. The number of phenolic OH excluding ortho intramolecular Hbond substituents is 1. The molecule has 1 N–H and O–H groups in total. The lowest BCUT2D eigenvalue weighted by molar-refractivity contribution is 0.102. The maximum Gasteiger partial charge on any atom is 0.190 e. The summed E-state index contributed by atoms with van der Waals surface area (Å²) in [5, 5.41) is 9.69. The van der Waals surface area contributed by atoms with Crippen molar-refractivity contribution in [2.45, 2.75) is 25.7 Å². The van der Waals surface area contributed by atoms with Crippen LogP contribution in [0.2, 0.25) is 0 Å². The number of thioether (sulfide) groups is 1. The number of ketones is 1. The highest BCUT2D eigenvalue weighted by Crippen LogP contribution is 2.53. The summed E-state index contributed by atoms with van der Waals surface area (Å²) in [5.74, 6) is 1.19. The van der Waals surface area contributed by atoms with E-state index < -0.39 is 0 Å². The van der Waals surface area contributed by atoms with Crippen LogP contribution in [0.25, 0.3) is 4.91 Å². The van der Waals surface area contributed by atoms with Crippen LogP contribution in [0.4, 0.5) is 0 Å². The molecule has 1 atom stereocenters. The lowest BCUT2D eigenvalue weighted by Crippen LogP contribution is -2.33. The number of piperidine rings is 1. The van der Waals surface area contributed by atoms with Crippen molar-refractivity contribution in [2.24, 2.45) is 5.92 Å². The van der Waals surface area contributed by atoms with Gasteiger partial charge in [-0.05, 0) is 79.2 Å². The van der Waals surface area contributed by atoms with Gasteiger partial charge in [0.2, 0.25) is 0 Å². The first-order valence-corrected chi connectivity index (χ1v) is 12.6. The minimum atomic E-state index is 0.0640. The van der Waals surface area contributed by atoms with Gasteiger partial charge >= 0.3 is 0 Å². The smallest absolute Gasteiger partial charge is 0.190 e. The van der Waals surface area contributed by atoms with E-state index >= 15 is 0 Å². The number of hydrogen-bond donors (Lipinski definition) is 1. The number of rotatable bonds is 7. The van der Waals surface area contributed by atoms with Crippen molar-refractivity contribution in [1.82, 2.24) is 4.90 Å². The van der Waals surface area contributed by atoms with E-state index in [9.17, 15) is 9.90 Å². The molecule has 0 spiro atoms. The van der Waals surface area contributed by atoms with Gasteiger partial charge in [0.05, 0.1) is 0 Å². The SMILES string of the molecule is O=C(C1=C(c2ccc(O)cc2)SC2=CC=CCC21)c1ccc(OCCN2CCCCC2)cc1. The third kappa shape index (κ3) is 4.94. The van der Waals surface area contributed by atoms with Gasteiger partial charge in [-0.15, -0.1) is 0 Å². The van der Waals surface area contributed by atoms with Gasteiger partial charge in [-0.1, -0.05) is 48.5 Å². The third-order valence-corrected chi connectivity index (χ3v) is 7.86. The van der Waals surface area contributed by atoms with Gasteiger partial charge < -0.3 is 9.84 Å². The molecule has 2 aromatic rings. The van der Waals surface area contributed by atoms with E-state index in [0.29, 0.717) is 12.2 Å². The van der Waals surface area contributed by atoms with Gasteiger partial charge in [0.25, 0.3) is 0 Å². The largest absolute Gasteiger partial charge is 0.508 e. The van der Waals surface area contributed by atoms with Crippen LogP contribution in [0.1, 0.15) is 41.6 Å².